The number of ether oxygens (including phenoxy) is 1. The standard InChI is InChI=1S/C18H24N4O3/c1-5-13(21-24)10-14-12(2)20-17(23)15(11-19)16(14)22-8-6-18(3,25-4)7-9-22/h10,24H,2,5-9H2,1,3-4H3,(H,20,23)/b14-10+,21-13+. The first-order valence-corrected chi connectivity index (χ1v) is 8.27. The van der Waals surface area contributed by atoms with Crippen molar-refractivity contribution in [1.29, 1.82) is 5.26 Å². The van der Waals surface area contributed by atoms with Crippen molar-refractivity contribution in [3.8, 4) is 6.07 Å². The van der Waals surface area contributed by atoms with Gasteiger partial charge >= 0.3 is 0 Å². The van der Waals surface area contributed by atoms with E-state index in [4.69, 9.17) is 9.94 Å². The molecule has 0 unspecified atom stereocenters. The second-order valence-electron chi connectivity index (χ2n) is 6.41. The van der Waals surface area contributed by atoms with E-state index in [9.17, 15) is 10.1 Å². The van der Waals surface area contributed by atoms with Gasteiger partial charge in [-0.1, -0.05) is 18.7 Å². The normalized spacial score (nSPS) is 18.2. The Labute approximate surface area is 146 Å². The van der Waals surface area contributed by atoms with Crippen LogP contribution in [-0.4, -0.2) is 41.7 Å². The van der Waals surface area contributed by atoms with E-state index in [2.05, 4.69) is 23.6 Å². The van der Waals surface area contributed by atoms with Crippen molar-refractivity contribution >= 4 is 24.1 Å². The summed E-state index contributed by atoms with van der Waals surface area (Å²) in [5.74, 6) is 0. The summed E-state index contributed by atoms with van der Waals surface area (Å²) < 4.78 is 5.56. The highest BCUT2D eigenvalue weighted by Crippen LogP contribution is 2.27. The highest BCUT2D eigenvalue weighted by atomic mass is 16.5. The van der Waals surface area contributed by atoms with Crippen LogP contribution >= 0.6 is 0 Å². The van der Waals surface area contributed by atoms with Gasteiger partial charge in [0.2, 0.25) is 0 Å². The molecule has 25 heavy (non-hydrogen) atoms. The van der Waals surface area contributed by atoms with Crippen LogP contribution in [0.1, 0.15) is 38.7 Å². The second-order valence-corrected chi connectivity index (χ2v) is 6.41. The van der Waals surface area contributed by atoms with Crippen molar-refractivity contribution in [2.24, 2.45) is 5.16 Å². The van der Waals surface area contributed by atoms with Gasteiger partial charge in [-0.3, -0.25) is 4.79 Å². The summed E-state index contributed by atoms with van der Waals surface area (Å²) in [5.41, 5.74) is 0.375. The van der Waals surface area contributed by atoms with Crippen LogP contribution in [0.5, 0.6) is 0 Å². The first kappa shape index (κ1) is 18.7. The Morgan fingerprint density at radius 3 is 2.68 bits per heavy atom. The van der Waals surface area contributed by atoms with Crippen molar-refractivity contribution in [2.45, 2.75) is 38.7 Å². The van der Waals surface area contributed by atoms with E-state index in [0.717, 1.165) is 12.8 Å². The van der Waals surface area contributed by atoms with Gasteiger partial charge in [0.1, 0.15) is 11.6 Å². The third kappa shape index (κ3) is 3.74. The predicted octanol–water partition coefficient (Wildman–Crippen LogP) is 0.683. The molecule has 0 radical (unpaired) electrons. The molecule has 0 atom stereocenters. The van der Waals surface area contributed by atoms with E-state index < -0.39 is 5.56 Å². The summed E-state index contributed by atoms with van der Waals surface area (Å²) in [5, 5.41) is 22.9. The minimum Gasteiger partial charge on any atom is -0.411 e. The van der Waals surface area contributed by atoms with Crippen LogP contribution < -0.4 is 21.0 Å². The molecule has 134 valence electrons. The fourth-order valence-corrected chi connectivity index (χ4v) is 3.02. The Bertz CT molecular complexity index is 871. The van der Waals surface area contributed by atoms with Crippen molar-refractivity contribution in [3.05, 3.63) is 26.5 Å². The number of piperidine rings is 1. The predicted molar refractivity (Wildman–Crippen MR) is 97.4 cm³/mol. The van der Waals surface area contributed by atoms with Crippen LogP contribution in [0.2, 0.25) is 0 Å². The first-order chi connectivity index (χ1) is 11.9. The van der Waals surface area contributed by atoms with Crippen LogP contribution in [0.4, 0.5) is 5.69 Å². The third-order valence-corrected chi connectivity index (χ3v) is 4.85. The van der Waals surface area contributed by atoms with Gasteiger partial charge in [0.15, 0.2) is 0 Å². The van der Waals surface area contributed by atoms with E-state index in [1.165, 1.54) is 0 Å². The van der Waals surface area contributed by atoms with Crippen LogP contribution in [0.25, 0.3) is 12.7 Å². The number of anilines is 1. The van der Waals surface area contributed by atoms with Gasteiger partial charge in [-0.25, -0.2) is 0 Å². The largest absolute Gasteiger partial charge is 0.411 e. The number of aromatic amines is 1. The van der Waals surface area contributed by atoms with Crippen molar-refractivity contribution in [3.63, 3.8) is 0 Å². The summed E-state index contributed by atoms with van der Waals surface area (Å²) in [4.78, 5) is 16.9. The quantitative estimate of drug-likeness (QED) is 0.475. The van der Waals surface area contributed by atoms with Gasteiger partial charge < -0.3 is 19.8 Å². The number of nitriles is 1. The molecule has 0 bridgehead atoms. The van der Waals surface area contributed by atoms with Crippen molar-refractivity contribution in [2.75, 3.05) is 25.1 Å². The molecule has 2 rings (SSSR count). The zero-order chi connectivity index (χ0) is 18.6. The molecular formula is C18H24N4O3. The maximum Gasteiger partial charge on any atom is 0.268 e. The number of H-pyrrole nitrogens is 1. The van der Waals surface area contributed by atoms with Crippen molar-refractivity contribution < 1.29 is 9.94 Å². The topological polar surface area (TPSA) is 102 Å². The van der Waals surface area contributed by atoms with E-state index in [1.807, 2.05) is 17.9 Å². The van der Waals surface area contributed by atoms with Crippen LogP contribution in [0.3, 0.4) is 0 Å². The van der Waals surface area contributed by atoms with E-state index in [0.29, 0.717) is 41.5 Å². The maximum absolute atomic E-state index is 12.2. The van der Waals surface area contributed by atoms with Gasteiger partial charge in [-0.05, 0) is 32.3 Å². The number of aromatic nitrogens is 1. The average Bonchev–Trinajstić information content (AvgIpc) is 2.61. The molecule has 0 amide bonds. The molecule has 1 aliphatic heterocycles. The lowest BCUT2D eigenvalue weighted by Crippen LogP contribution is -2.48. The maximum atomic E-state index is 12.2. The SMILES string of the molecule is C=c1[nH]c(=O)c(C#N)c(N2CCC(C)(OC)CC2)/c1=C/C(CC)=N/O. The fourth-order valence-electron chi connectivity index (χ4n) is 3.02. The van der Waals surface area contributed by atoms with E-state index in [1.54, 1.807) is 13.2 Å². The molecule has 7 nitrogen and oxygen atoms in total. The molecule has 1 aliphatic rings. The van der Waals surface area contributed by atoms with Gasteiger partial charge in [0.25, 0.3) is 5.56 Å². The third-order valence-electron chi connectivity index (χ3n) is 4.85. The molecule has 0 saturated carbocycles. The number of nitrogens with zero attached hydrogens (tertiary/aromatic N) is 3. The minimum atomic E-state index is -0.460. The van der Waals surface area contributed by atoms with Gasteiger partial charge in [0.05, 0.1) is 17.0 Å². The number of pyridine rings is 1. The Morgan fingerprint density at radius 2 is 2.20 bits per heavy atom. The van der Waals surface area contributed by atoms with Gasteiger partial charge in [-0.2, -0.15) is 5.26 Å². The lowest BCUT2D eigenvalue weighted by Gasteiger charge is -2.39. The minimum absolute atomic E-state index is 0.0491. The van der Waals surface area contributed by atoms with Crippen molar-refractivity contribution in [1.82, 2.24) is 4.98 Å². The monoisotopic (exact) mass is 344 g/mol. The highest BCUT2D eigenvalue weighted by Gasteiger charge is 2.31. The Balaban J connectivity index is 2.66. The molecule has 2 N–H and O–H groups in total. The van der Waals surface area contributed by atoms with Gasteiger partial charge in [-0.15, -0.1) is 0 Å². The Hall–Kier alpha value is -2.59. The van der Waals surface area contributed by atoms with Crippen LogP contribution in [-0.2, 0) is 4.74 Å². The summed E-state index contributed by atoms with van der Waals surface area (Å²) in [6.45, 7) is 9.11. The Morgan fingerprint density at radius 1 is 1.56 bits per heavy atom. The second kappa shape index (κ2) is 7.53. The van der Waals surface area contributed by atoms with E-state index >= 15 is 0 Å². The smallest absolute Gasteiger partial charge is 0.268 e. The molecule has 1 aromatic rings. The van der Waals surface area contributed by atoms with Crippen LogP contribution in [0.15, 0.2) is 9.95 Å². The van der Waals surface area contributed by atoms with E-state index in [-0.39, 0.29) is 11.2 Å². The number of oxime groups is 1. The fraction of sp³-hybridized carbons (Fsp3) is 0.500. The average molecular weight is 344 g/mol. The first-order valence-electron chi connectivity index (χ1n) is 8.27. The zero-order valence-corrected chi connectivity index (χ0v) is 14.9. The van der Waals surface area contributed by atoms with Crippen LogP contribution in [0, 0.1) is 11.3 Å². The molecule has 2 heterocycles. The number of hydrogen-bond acceptors (Lipinski definition) is 6. The summed E-state index contributed by atoms with van der Waals surface area (Å²) >= 11 is 0. The number of hydrogen-bond donors (Lipinski definition) is 2. The highest BCUT2D eigenvalue weighted by molar-refractivity contribution is 6.10. The number of rotatable bonds is 4. The lowest BCUT2D eigenvalue weighted by atomic mass is 9.92. The molecule has 1 saturated heterocycles. The summed E-state index contributed by atoms with van der Waals surface area (Å²) in [6.07, 6.45) is 3.74. The molecule has 1 aromatic heterocycles. The molecule has 0 aliphatic carbocycles. The number of nitrogens with one attached hydrogen (secondary N) is 1. The summed E-state index contributed by atoms with van der Waals surface area (Å²) in [7, 11) is 1.70. The zero-order valence-electron chi connectivity index (χ0n) is 14.9. The molecular weight excluding hydrogens is 320 g/mol. The molecule has 0 spiro atoms. The lowest BCUT2D eigenvalue weighted by molar-refractivity contribution is -0.0132. The molecule has 0 aromatic carbocycles. The summed E-state index contributed by atoms with van der Waals surface area (Å²) in [6, 6.07) is 2.01. The number of methoxy groups -OCH3 is 1. The Kier molecular flexibility index (Phi) is 5.65. The van der Waals surface area contributed by atoms with Gasteiger partial charge in [0, 0.05) is 30.8 Å². The molecule has 7 heteroatoms. The molecule has 1 fully saturated rings.